The van der Waals surface area contributed by atoms with E-state index >= 15 is 0 Å². The summed E-state index contributed by atoms with van der Waals surface area (Å²) < 4.78 is 0. The minimum absolute atomic E-state index is 0.441. The summed E-state index contributed by atoms with van der Waals surface area (Å²) >= 11 is 0. The highest BCUT2D eigenvalue weighted by Gasteiger charge is 2.41. The van der Waals surface area contributed by atoms with Gasteiger partial charge in [0.1, 0.15) is 5.82 Å². The maximum atomic E-state index is 5.82. The fourth-order valence-electron chi connectivity index (χ4n) is 2.89. The quantitative estimate of drug-likeness (QED) is 0.780. The summed E-state index contributed by atoms with van der Waals surface area (Å²) in [7, 11) is 0. The molecule has 0 amide bonds. The van der Waals surface area contributed by atoms with Crippen LogP contribution >= 0.6 is 0 Å². The first-order chi connectivity index (χ1) is 10.2. The van der Waals surface area contributed by atoms with Crippen molar-refractivity contribution in [3.63, 3.8) is 0 Å². The van der Waals surface area contributed by atoms with E-state index in [9.17, 15) is 0 Å². The van der Waals surface area contributed by atoms with Gasteiger partial charge in [0.25, 0.3) is 0 Å². The lowest BCUT2D eigenvalue weighted by Gasteiger charge is -2.04. The molecule has 0 bridgehead atoms. The van der Waals surface area contributed by atoms with Gasteiger partial charge in [-0.1, -0.05) is 6.07 Å². The van der Waals surface area contributed by atoms with Crippen molar-refractivity contribution in [2.75, 3.05) is 5.73 Å². The largest absolute Gasteiger partial charge is 0.397 e. The molecule has 0 unspecified atom stereocenters. The molecule has 1 aliphatic rings. The van der Waals surface area contributed by atoms with Gasteiger partial charge in [0.2, 0.25) is 0 Å². The SMILES string of the molecule is Cc1ccnc([C@H]2C[C@@H]2c2ccc3ncc(N)cc3c2)n1. The third-order valence-electron chi connectivity index (χ3n) is 4.09. The highest BCUT2D eigenvalue weighted by Crippen LogP contribution is 2.53. The van der Waals surface area contributed by atoms with Crippen molar-refractivity contribution < 1.29 is 0 Å². The van der Waals surface area contributed by atoms with E-state index < -0.39 is 0 Å². The van der Waals surface area contributed by atoms with Gasteiger partial charge in [-0.3, -0.25) is 4.98 Å². The molecule has 0 aliphatic heterocycles. The standard InChI is InChI=1S/C17H16N4/c1-10-4-5-19-17(21-10)15-8-14(15)11-2-3-16-12(6-11)7-13(18)9-20-16/h2-7,9,14-15H,8,18H2,1H3/t14-,15+/m1/s1. The highest BCUT2D eigenvalue weighted by molar-refractivity contribution is 5.82. The zero-order chi connectivity index (χ0) is 14.4. The van der Waals surface area contributed by atoms with Crippen LogP contribution in [0.1, 0.15) is 35.3 Å². The molecule has 0 saturated heterocycles. The molecule has 104 valence electrons. The predicted molar refractivity (Wildman–Crippen MR) is 83.0 cm³/mol. The summed E-state index contributed by atoms with van der Waals surface area (Å²) in [5, 5.41) is 1.10. The molecule has 0 spiro atoms. The molecule has 1 saturated carbocycles. The molecule has 2 heterocycles. The molecule has 1 aliphatic carbocycles. The number of nitrogen functional groups attached to an aromatic ring is 1. The van der Waals surface area contributed by atoms with Crippen molar-refractivity contribution in [1.29, 1.82) is 0 Å². The third-order valence-corrected chi connectivity index (χ3v) is 4.09. The second-order valence-corrected chi connectivity index (χ2v) is 5.73. The zero-order valence-corrected chi connectivity index (χ0v) is 11.8. The second-order valence-electron chi connectivity index (χ2n) is 5.73. The highest BCUT2D eigenvalue weighted by atomic mass is 14.9. The number of aryl methyl sites for hydroxylation is 1. The fraction of sp³-hybridized carbons (Fsp3) is 0.235. The van der Waals surface area contributed by atoms with E-state index in [0.717, 1.165) is 28.8 Å². The van der Waals surface area contributed by atoms with E-state index in [-0.39, 0.29) is 0 Å². The Morgan fingerprint density at radius 3 is 2.86 bits per heavy atom. The Balaban J connectivity index is 1.66. The second kappa shape index (κ2) is 4.52. The first-order valence-electron chi connectivity index (χ1n) is 7.15. The fourth-order valence-corrected chi connectivity index (χ4v) is 2.89. The number of fused-ring (bicyclic) bond motifs is 1. The van der Waals surface area contributed by atoms with Crippen LogP contribution in [0.15, 0.2) is 42.7 Å². The number of hydrogen-bond acceptors (Lipinski definition) is 4. The lowest BCUT2D eigenvalue weighted by molar-refractivity contribution is 0.878. The number of benzene rings is 1. The third kappa shape index (κ3) is 2.23. The van der Waals surface area contributed by atoms with Crippen LogP contribution in [-0.4, -0.2) is 15.0 Å². The first-order valence-corrected chi connectivity index (χ1v) is 7.15. The molecule has 4 rings (SSSR count). The van der Waals surface area contributed by atoms with E-state index in [4.69, 9.17) is 5.73 Å². The van der Waals surface area contributed by atoms with Crippen LogP contribution < -0.4 is 5.73 Å². The molecule has 2 atom stereocenters. The van der Waals surface area contributed by atoms with Crippen molar-refractivity contribution in [1.82, 2.24) is 15.0 Å². The van der Waals surface area contributed by atoms with Gasteiger partial charge in [-0.25, -0.2) is 9.97 Å². The Labute approximate surface area is 123 Å². The number of pyridine rings is 1. The van der Waals surface area contributed by atoms with Gasteiger partial charge >= 0.3 is 0 Å². The molecule has 1 fully saturated rings. The monoisotopic (exact) mass is 276 g/mol. The smallest absolute Gasteiger partial charge is 0.132 e. The van der Waals surface area contributed by atoms with Crippen molar-refractivity contribution in [3.05, 3.63) is 59.8 Å². The van der Waals surface area contributed by atoms with E-state index in [0.29, 0.717) is 17.5 Å². The number of nitrogens with zero attached hydrogens (tertiary/aromatic N) is 3. The number of nitrogens with two attached hydrogens (primary N) is 1. The number of aromatic nitrogens is 3. The molecule has 1 aromatic carbocycles. The summed E-state index contributed by atoms with van der Waals surface area (Å²) in [6.45, 7) is 2.01. The van der Waals surface area contributed by atoms with Crippen LogP contribution in [0.2, 0.25) is 0 Å². The van der Waals surface area contributed by atoms with Gasteiger partial charge in [-0.05, 0) is 49.1 Å². The molecular formula is C17H16N4. The molecule has 2 aromatic heterocycles. The van der Waals surface area contributed by atoms with Gasteiger partial charge < -0.3 is 5.73 Å². The molecule has 4 heteroatoms. The average Bonchev–Trinajstić information content (AvgIpc) is 3.27. The van der Waals surface area contributed by atoms with Gasteiger partial charge in [-0.15, -0.1) is 0 Å². The van der Waals surface area contributed by atoms with Crippen LogP contribution in [0.4, 0.5) is 5.69 Å². The maximum absolute atomic E-state index is 5.82. The van der Waals surface area contributed by atoms with Gasteiger partial charge in [0.15, 0.2) is 0 Å². The molecule has 3 aromatic rings. The summed E-state index contributed by atoms with van der Waals surface area (Å²) in [6.07, 6.45) is 4.66. The maximum Gasteiger partial charge on any atom is 0.132 e. The normalized spacial score (nSPS) is 20.6. The summed E-state index contributed by atoms with van der Waals surface area (Å²) in [5.41, 5.74) is 9.86. The zero-order valence-electron chi connectivity index (χ0n) is 11.8. The Morgan fingerprint density at radius 1 is 1.10 bits per heavy atom. The average molecular weight is 276 g/mol. The lowest BCUT2D eigenvalue weighted by Crippen LogP contribution is -1.95. The molecule has 2 N–H and O–H groups in total. The van der Waals surface area contributed by atoms with Crippen LogP contribution in [0.3, 0.4) is 0 Å². The van der Waals surface area contributed by atoms with Crippen molar-refractivity contribution in [3.8, 4) is 0 Å². The molecule has 21 heavy (non-hydrogen) atoms. The van der Waals surface area contributed by atoms with E-state index in [1.165, 1.54) is 5.56 Å². The predicted octanol–water partition coefficient (Wildman–Crippen LogP) is 3.19. The molecule has 4 nitrogen and oxygen atoms in total. The van der Waals surface area contributed by atoms with Gasteiger partial charge in [0, 0.05) is 23.2 Å². The molecule has 0 radical (unpaired) electrons. The van der Waals surface area contributed by atoms with Crippen LogP contribution in [0, 0.1) is 6.92 Å². The van der Waals surface area contributed by atoms with E-state index in [2.05, 4.69) is 33.2 Å². The Morgan fingerprint density at radius 2 is 2.00 bits per heavy atom. The minimum atomic E-state index is 0.441. The van der Waals surface area contributed by atoms with Crippen molar-refractivity contribution >= 4 is 16.6 Å². The first kappa shape index (κ1) is 12.3. The van der Waals surface area contributed by atoms with Crippen LogP contribution in [0.5, 0.6) is 0 Å². The van der Waals surface area contributed by atoms with Crippen molar-refractivity contribution in [2.45, 2.75) is 25.2 Å². The minimum Gasteiger partial charge on any atom is -0.397 e. The number of hydrogen-bond donors (Lipinski definition) is 1. The number of anilines is 1. The molecular weight excluding hydrogens is 260 g/mol. The van der Waals surface area contributed by atoms with Gasteiger partial charge in [0.05, 0.1) is 17.4 Å². The summed E-state index contributed by atoms with van der Waals surface area (Å²) in [6, 6.07) is 10.3. The Hall–Kier alpha value is -2.49. The van der Waals surface area contributed by atoms with Crippen molar-refractivity contribution in [2.24, 2.45) is 0 Å². The van der Waals surface area contributed by atoms with Crippen LogP contribution in [-0.2, 0) is 0 Å². The van der Waals surface area contributed by atoms with Crippen LogP contribution in [0.25, 0.3) is 10.9 Å². The van der Waals surface area contributed by atoms with E-state index in [1.54, 1.807) is 6.20 Å². The Kier molecular flexibility index (Phi) is 2.64. The van der Waals surface area contributed by atoms with Gasteiger partial charge in [-0.2, -0.15) is 0 Å². The number of rotatable bonds is 2. The summed E-state index contributed by atoms with van der Waals surface area (Å²) in [5.74, 6) is 1.92. The summed E-state index contributed by atoms with van der Waals surface area (Å²) in [4.78, 5) is 13.3. The Bertz CT molecular complexity index is 828. The van der Waals surface area contributed by atoms with E-state index in [1.807, 2.05) is 25.3 Å². The topological polar surface area (TPSA) is 64.7 Å². The lowest BCUT2D eigenvalue weighted by atomic mass is 10.1.